The molecular weight excluding hydrogens is 220 g/mol. The van der Waals surface area contributed by atoms with Crippen molar-refractivity contribution in [1.82, 2.24) is 0 Å². The van der Waals surface area contributed by atoms with Crippen LogP contribution in [-0.2, 0) is 6.42 Å². The van der Waals surface area contributed by atoms with Gasteiger partial charge in [0, 0.05) is 5.02 Å². The Bertz CT molecular complexity index is 352. The molecule has 0 fully saturated rings. The topological polar surface area (TPSA) is 20.2 Å². The van der Waals surface area contributed by atoms with E-state index in [4.69, 9.17) is 11.6 Å². The van der Waals surface area contributed by atoms with Crippen LogP contribution in [0.15, 0.2) is 18.2 Å². The lowest BCUT2D eigenvalue weighted by Gasteiger charge is -2.25. The lowest BCUT2D eigenvalue weighted by molar-refractivity contribution is 0.0560. The van der Waals surface area contributed by atoms with Crippen molar-refractivity contribution in [2.45, 2.75) is 46.6 Å². The van der Waals surface area contributed by atoms with Crippen LogP contribution in [0.3, 0.4) is 0 Å². The fourth-order valence-electron chi connectivity index (χ4n) is 1.58. The second-order valence-electron chi connectivity index (χ2n) is 5.52. The standard InChI is InChI=1S/C14H21ClO/c1-10-5-6-11(12(15)9-10)7-8-13(16)14(2,3)4/h5-6,9,13,16H,7-8H2,1-4H3. The van der Waals surface area contributed by atoms with Gasteiger partial charge in [0.1, 0.15) is 0 Å². The van der Waals surface area contributed by atoms with Crippen LogP contribution in [0.4, 0.5) is 0 Å². The molecule has 0 heterocycles. The third-order valence-corrected chi connectivity index (χ3v) is 3.25. The third-order valence-electron chi connectivity index (χ3n) is 2.90. The van der Waals surface area contributed by atoms with E-state index in [2.05, 4.69) is 26.8 Å². The zero-order valence-electron chi connectivity index (χ0n) is 10.5. The summed E-state index contributed by atoms with van der Waals surface area (Å²) in [6, 6.07) is 6.08. The molecule has 0 aliphatic rings. The van der Waals surface area contributed by atoms with Gasteiger partial charge in [0.05, 0.1) is 6.10 Å². The van der Waals surface area contributed by atoms with E-state index in [1.54, 1.807) is 0 Å². The maximum atomic E-state index is 9.95. The third kappa shape index (κ3) is 3.80. The van der Waals surface area contributed by atoms with Crippen molar-refractivity contribution in [3.8, 4) is 0 Å². The summed E-state index contributed by atoms with van der Waals surface area (Å²) in [7, 11) is 0. The minimum atomic E-state index is -0.287. The predicted octanol–water partition coefficient (Wildman–Crippen LogP) is 3.99. The zero-order chi connectivity index (χ0) is 12.3. The molecule has 0 radical (unpaired) electrons. The van der Waals surface area contributed by atoms with Gasteiger partial charge in [-0.1, -0.05) is 44.5 Å². The second-order valence-corrected chi connectivity index (χ2v) is 5.92. The Kier molecular flexibility index (Phi) is 4.40. The van der Waals surface area contributed by atoms with Gasteiger partial charge < -0.3 is 5.11 Å². The van der Waals surface area contributed by atoms with Crippen molar-refractivity contribution in [1.29, 1.82) is 0 Å². The normalized spacial score (nSPS) is 13.9. The monoisotopic (exact) mass is 240 g/mol. The van der Waals surface area contributed by atoms with Crippen LogP contribution < -0.4 is 0 Å². The Balaban J connectivity index is 2.62. The summed E-state index contributed by atoms with van der Waals surface area (Å²) < 4.78 is 0. The van der Waals surface area contributed by atoms with E-state index >= 15 is 0 Å². The van der Waals surface area contributed by atoms with Crippen LogP contribution in [0, 0.1) is 12.3 Å². The Hall–Kier alpha value is -0.530. The molecule has 1 nitrogen and oxygen atoms in total. The van der Waals surface area contributed by atoms with Gasteiger partial charge in [-0.2, -0.15) is 0 Å². The summed E-state index contributed by atoms with van der Waals surface area (Å²) in [5.74, 6) is 0. The maximum absolute atomic E-state index is 9.95. The van der Waals surface area contributed by atoms with E-state index in [0.29, 0.717) is 0 Å². The van der Waals surface area contributed by atoms with E-state index in [1.807, 2.05) is 19.1 Å². The SMILES string of the molecule is Cc1ccc(CCC(O)C(C)(C)C)c(Cl)c1. The molecule has 0 aliphatic carbocycles. The van der Waals surface area contributed by atoms with Crippen molar-refractivity contribution >= 4 is 11.6 Å². The number of benzene rings is 1. The highest BCUT2D eigenvalue weighted by atomic mass is 35.5. The van der Waals surface area contributed by atoms with Crippen LogP contribution in [0.25, 0.3) is 0 Å². The molecule has 0 saturated heterocycles. The molecule has 0 aromatic heterocycles. The second kappa shape index (κ2) is 5.20. The summed E-state index contributed by atoms with van der Waals surface area (Å²) in [6.45, 7) is 8.18. The molecule has 90 valence electrons. The molecule has 0 spiro atoms. The summed E-state index contributed by atoms with van der Waals surface area (Å²) in [5.41, 5.74) is 2.23. The molecule has 0 bridgehead atoms. The molecule has 16 heavy (non-hydrogen) atoms. The molecule has 1 aromatic rings. The van der Waals surface area contributed by atoms with Crippen LogP contribution in [0.5, 0.6) is 0 Å². The molecule has 0 aliphatic heterocycles. The van der Waals surface area contributed by atoms with Crippen molar-refractivity contribution in [2.24, 2.45) is 5.41 Å². The molecule has 1 unspecified atom stereocenters. The van der Waals surface area contributed by atoms with Crippen molar-refractivity contribution < 1.29 is 5.11 Å². The fraction of sp³-hybridized carbons (Fsp3) is 0.571. The van der Waals surface area contributed by atoms with Gasteiger partial charge in [-0.3, -0.25) is 0 Å². The fourth-order valence-corrected chi connectivity index (χ4v) is 1.91. The minimum absolute atomic E-state index is 0.0584. The number of rotatable bonds is 3. The van der Waals surface area contributed by atoms with Crippen LogP contribution in [0.1, 0.15) is 38.3 Å². The molecule has 1 rings (SSSR count). The Morgan fingerprint density at radius 3 is 2.44 bits per heavy atom. The van der Waals surface area contributed by atoms with E-state index in [-0.39, 0.29) is 11.5 Å². The van der Waals surface area contributed by atoms with Gasteiger partial charge in [0.2, 0.25) is 0 Å². The average Bonchev–Trinajstić information content (AvgIpc) is 2.14. The number of aryl methyl sites for hydroxylation is 2. The predicted molar refractivity (Wildman–Crippen MR) is 70.0 cm³/mol. The van der Waals surface area contributed by atoms with Gasteiger partial charge in [0.15, 0.2) is 0 Å². The molecule has 1 aromatic carbocycles. The zero-order valence-corrected chi connectivity index (χ0v) is 11.3. The maximum Gasteiger partial charge on any atom is 0.0591 e. The highest BCUT2D eigenvalue weighted by Gasteiger charge is 2.21. The summed E-state index contributed by atoms with van der Waals surface area (Å²) in [6.07, 6.45) is 1.30. The molecular formula is C14H21ClO. The van der Waals surface area contributed by atoms with Crippen LogP contribution in [0.2, 0.25) is 5.02 Å². The number of halogens is 1. The van der Waals surface area contributed by atoms with Crippen molar-refractivity contribution in [2.75, 3.05) is 0 Å². The first-order valence-electron chi connectivity index (χ1n) is 5.74. The first-order chi connectivity index (χ1) is 7.30. The number of aliphatic hydroxyl groups excluding tert-OH is 1. The first-order valence-corrected chi connectivity index (χ1v) is 6.11. The highest BCUT2D eigenvalue weighted by molar-refractivity contribution is 6.31. The summed E-state index contributed by atoms with van der Waals surface area (Å²) >= 11 is 6.15. The molecule has 1 atom stereocenters. The largest absolute Gasteiger partial charge is 0.393 e. The smallest absolute Gasteiger partial charge is 0.0591 e. The first kappa shape index (κ1) is 13.5. The lowest BCUT2D eigenvalue weighted by Crippen LogP contribution is -2.26. The molecule has 0 amide bonds. The summed E-state index contributed by atoms with van der Waals surface area (Å²) in [4.78, 5) is 0. The molecule has 1 N–H and O–H groups in total. The van der Waals surface area contributed by atoms with Gasteiger partial charge in [0.25, 0.3) is 0 Å². The lowest BCUT2D eigenvalue weighted by atomic mass is 9.86. The summed E-state index contributed by atoms with van der Waals surface area (Å²) in [5, 5.41) is 10.8. The van der Waals surface area contributed by atoms with Gasteiger partial charge in [-0.25, -0.2) is 0 Å². The van der Waals surface area contributed by atoms with Gasteiger partial charge in [-0.15, -0.1) is 0 Å². The van der Waals surface area contributed by atoms with E-state index < -0.39 is 0 Å². The Morgan fingerprint density at radius 1 is 1.31 bits per heavy atom. The van der Waals surface area contributed by atoms with Crippen LogP contribution >= 0.6 is 11.6 Å². The minimum Gasteiger partial charge on any atom is -0.393 e. The highest BCUT2D eigenvalue weighted by Crippen LogP contribution is 2.25. The van der Waals surface area contributed by atoms with E-state index in [0.717, 1.165) is 23.4 Å². The van der Waals surface area contributed by atoms with Gasteiger partial charge >= 0.3 is 0 Å². The Labute approximate surface area is 103 Å². The number of hydrogen-bond acceptors (Lipinski definition) is 1. The van der Waals surface area contributed by atoms with Crippen molar-refractivity contribution in [3.05, 3.63) is 34.3 Å². The quantitative estimate of drug-likeness (QED) is 0.847. The van der Waals surface area contributed by atoms with E-state index in [9.17, 15) is 5.11 Å². The molecule has 0 saturated carbocycles. The number of aliphatic hydroxyl groups is 1. The van der Waals surface area contributed by atoms with Crippen molar-refractivity contribution in [3.63, 3.8) is 0 Å². The number of hydrogen-bond donors (Lipinski definition) is 1. The average molecular weight is 241 g/mol. The molecule has 2 heteroatoms. The van der Waals surface area contributed by atoms with Crippen LogP contribution in [-0.4, -0.2) is 11.2 Å². The van der Waals surface area contributed by atoms with E-state index in [1.165, 1.54) is 5.56 Å². The van der Waals surface area contributed by atoms with Gasteiger partial charge in [-0.05, 0) is 42.4 Å². The Morgan fingerprint density at radius 2 is 1.94 bits per heavy atom.